The number of aliphatic carboxylic acids is 1. The zero-order chi connectivity index (χ0) is 15.2. The Bertz CT molecular complexity index is 461. The molecule has 0 aromatic carbocycles. The lowest BCUT2D eigenvalue weighted by atomic mass is 9.84. The SMILES string of the molecule is CCCc1nc(CN2CCCC(C(C)CC(=O)O)C2)no1. The van der Waals surface area contributed by atoms with Crippen LogP contribution in [-0.4, -0.2) is 39.2 Å². The highest BCUT2D eigenvalue weighted by Crippen LogP contribution is 2.26. The maximum Gasteiger partial charge on any atom is 0.303 e. The third kappa shape index (κ3) is 4.81. The number of nitrogens with zero attached hydrogens (tertiary/aromatic N) is 3. The average molecular weight is 295 g/mol. The quantitative estimate of drug-likeness (QED) is 0.831. The largest absolute Gasteiger partial charge is 0.481 e. The molecule has 0 saturated carbocycles. The first-order chi connectivity index (χ1) is 10.1. The molecule has 118 valence electrons. The lowest BCUT2D eigenvalue weighted by Gasteiger charge is -2.34. The summed E-state index contributed by atoms with van der Waals surface area (Å²) in [5, 5.41) is 12.9. The Hall–Kier alpha value is -1.43. The molecule has 0 spiro atoms. The molecule has 1 aromatic heterocycles. The minimum absolute atomic E-state index is 0.214. The van der Waals surface area contributed by atoms with E-state index in [4.69, 9.17) is 9.63 Å². The summed E-state index contributed by atoms with van der Waals surface area (Å²) in [6, 6.07) is 0. The Morgan fingerprint density at radius 3 is 3.10 bits per heavy atom. The van der Waals surface area contributed by atoms with E-state index in [1.54, 1.807) is 0 Å². The number of carbonyl (C=O) groups is 1. The molecule has 1 saturated heterocycles. The van der Waals surface area contributed by atoms with E-state index in [1.807, 2.05) is 6.92 Å². The molecule has 1 aliphatic rings. The third-order valence-electron chi connectivity index (χ3n) is 4.18. The monoisotopic (exact) mass is 295 g/mol. The molecule has 21 heavy (non-hydrogen) atoms. The molecule has 6 heteroatoms. The second-order valence-corrected chi connectivity index (χ2v) is 6.07. The van der Waals surface area contributed by atoms with Gasteiger partial charge in [0.15, 0.2) is 5.82 Å². The van der Waals surface area contributed by atoms with Crippen molar-refractivity contribution < 1.29 is 14.4 Å². The molecule has 2 heterocycles. The summed E-state index contributed by atoms with van der Waals surface area (Å²) in [6.07, 6.45) is 4.29. The molecule has 1 N–H and O–H groups in total. The molecule has 0 bridgehead atoms. The van der Waals surface area contributed by atoms with Crippen molar-refractivity contribution in [3.63, 3.8) is 0 Å². The number of rotatable bonds is 7. The van der Waals surface area contributed by atoms with Gasteiger partial charge in [-0.25, -0.2) is 0 Å². The van der Waals surface area contributed by atoms with Crippen LogP contribution in [0.1, 0.15) is 51.2 Å². The van der Waals surface area contributed by atoms with Crippen molar-refractivity contribution in [3.05, 3.63) is 11.7 Å². The van der Waals surface area contributed by atoms with Gasteiger partial charge in [-0.3, -0.25) is 9.69 Å². The summed E-state index contributed by atoms with van der Waals surface area (Å²) in [5.74, 6) is 1.40. The van der Waals surface area contributed by atoms with E-state index < -0.39 is 5.97 Å². The highest BCUT2D eigenvalue weighted by Gasteiger charge is 2.26. The molecule has 1 fully saturated rings. The predicted molar refractivity (Wildman–Crippen MR) is 77.7 cm³/mol. The Labute approximate surface area is 125 Å². The molecule has 2 rings (SSSR count). The van der Waals surface area contributed by atoms with E-state index in [1.165, 1.54) is 0 Å². The average Bonchev–Trinajstić information content (AvgIpc) is 2.86. The van der Waals surface area contributed by atoms with Gasteiger partial charge in [0.1, 0.15) is 0 Å². The standard InChI is InChI=1S/C15H25N3O3/c1-3-5-14-16-13(17-21-14)10-18-7-4-6-12(9-18)11(2)8-15(19)20/h11-12H,3-10H2,1-2H3,(H,19,20). The molecular weight excluding hydrogens is 270 g/mol. The first-order valence-electron chi connectivity index (χ1n) is 7.84. The summed E-state index contributed by atoms with van der Waals surface area (Å²) < 4.78 is 5.21. The molecular formula is C15H25N3O3. The van der Waals surface area contributed by atoms with Crippen molar-refractivity contribution in [3.8, 4) is 0 Å². The summed E-state index contributed by atoms with van der Waals surface area (Å²) in [6.45, 7) is 6.77. The van der Waals surface area contributed by atoms with Crippen LogP contribution in [0, 0.1) is 11.8 Å². The molecule has 1 aromatic rings. The minimum atomic E-state index is -0.706. The van der Waals surface area contributed by atoms with Crippen LogP contribution in [-0.2, 0) is 17.8 Å². The van der Waals surface area contributed by atoms with Gasteiger partial charge in [-0.2, -0.15) is 4.98 Å². The number of aromatic nitrogens is 2. The van der Waals surface area contributed by atoms with Gasteiger partial charge in [-0.15, -0.1) is 0 Å². The highest BCUT2D eigenvalue weighted by molar-refractivity contribution is 5.67. The molecule has 2 atom stereocenters. The topological polar surface area (TPSA) is 79.5 Å². The van der Waals surface area contributed by atoms with Crippen LogP contribution in [0.15, 0.2) is 4.52 Å². The Morgan fingerprint density at radius 2 is 2.38 bits per heavy atom. The summed E-state index contributed by atoms with van der Waals surface area (Å²) in [7, 11) is 0. The van der Waals surface area contributed by atoms with Crippen LogP contribution in [0.2, 0.25) is 0 Å². The fourth-order valence-electron chi connectivity index (χ4n) is 3.01. The van der Waals surface area contributed by atoms with Crippen LogP contribution in [0.4, 0.5) is 0 Å². The maximum atomic E-state index is 10.8. The van der Waals surface area contributed by atoms with E-state index >= 15 is 0 Å². The predicted octanol–water partition coefficient (Wildman–Crippen LogP) is 2.34. The summed E-state index contributed by atoms with van der Waals surface area (Å²) in [4.78, 5) is 17.6. The number of carboxylic acid groups (broad SMARTS) is 1. The zero-order valence-corrected chi connectivity index (χ0v) is 12.9. The molecule has 0 radical (unpaired) electrons. The zero-order valence-electron chi connectivity index (χ0n) is 12.9. The van der Waals surface area contributed by atoms with Gasteiger partial charge in [0.2, 0.25) is 5.89 Å². The number of aryl methyl sites for hydroxylation is 1. The Morgan fingerprint density at radius 1 is 1.57 bits per heavy atom. The van der Waals surface area contributed by atoms with Crippen molar-refractivity contribution in [2.24, 2.45) is 11.8 Å². The second kappa shape index (κ2) is 7.54. The van der Waals surface area contributed by atoms with Gasteiger partial charge in [-0.05, 0) is 37.6 Å². The van der Waals surface area contributed by atoms with Gasteiger partial charge in [0.25, 0.3) is 0 Å². The van der Waals surface area contributed by atoms with Crippen molar-refractivity contribution >= 4 is 5.97 Å². The number of hydrogen-bond acceptors (Lipinski definition) is 5. The van der Waals surface area contributed by atoms with E-state index in [9.17, 15) is 4.79 Å². The number of piperidine rings is 1. The minimum Gasteiger partial charge on any atom is -0.481 e. The molecule has 6 nitrogen and oxygen atoms in total. The van der Waals surface area contributed by atoms with E-state index in [0.29, 0.717) is 18.4 Å². The lowest BCUT2D eigenvalue weighted by Crippen LogP contribution is -2.38. The first-order valence-corrected chi connectivity index (χ1v) is 7.84. The van der Waals surface area contributed by atoms with E-state index in [2.05, 4.69) is 22.0 Å². The lowest BCUT2D eigenvalue weighted by molar-refractivity contribution is -0.138. The van der Waals surface area contributed by atoms with Crippen LogP contribution >= 0.6 is 0 Å². The van der Waals surface area contributed by atoms with Gasteiger partial charge in [0.05, 0.1) is 6.54 Å². The molecule has 2 unspecified atom stereocenters. The van der Waals surface area contributed by atoms with Gasteiger partial charge in [-0.1, -0.05) is 19.0 Å². The van der Waals surface area contributed by atoms with Crippen LogP contribution in [0.5, 0.6) is 0 Å². The van der Waals surface area contributed by atoms with E-state index in [0.717, 1.165) is 44.6 Å². The maximum absolute atomic E-state index is 10.8. The number of hydrogen-bond donors (Lipinski definition) is 1. The van der Waals surface area contributed by atoms with Crippen molar-refractivity contribution in [1.82, 2.24) is 15.0 Å². The highest BCUT2D eigenvalue weighted by atomic mass is 16.5. The normalized spacial score (nSPS) is 21.3. The number of likely N-dealkylation sites (tertiary alicyclic amines) is 1. The van der Waals surface area contributed by atoms with E-state index in [-0.39, 0.29) is 12.3 Å². The molecule has 1 aliphatic heterocycles. The summed E-state index contributed by atoms with van der Waals surface area (Å²) >= 11 is 0. The third-order valence-corrected chi connectivity index (χ3v) is 4.18. The summed E-state index contributed by atoms with van der Waals surface area (Å²) in [5.41, 5.74) is 0. The van der Waals surface area contributed by atoms with Crippen LogP contribution < -0.4 is 0 Å². The van der Waals surface area contributed by atoms with Gasteiger partial charge >= 0.3 is 5.97 Å². The van der Waals surface area contributed by atoms with Crippen molar-refractivity contribution in [2.45, 2.75) is 52.5 Å². The van der Waals surface area contributed by atoms with Crippen molar-refractivity contribution in [1.29, 1.82) is 0 Å². The fraction of sp³-hybridized carbons (Fsp3) is 0.800. The van der Waals surface area contributed by atoms with Gasteiger partial charge < -0.3 is 9.63 Å². The van der Waals surface area contributed by atoms with Crippen LogP contribution in [0.25, 0.3) is 0 Å². The second-order valence-electron chi connectivity index (χ2n) is 6.07. The fourth-order valence-corrected chi connectivity index (χ4v) is 3.01. The van der Waals surface area contributed by atoms with Gasteiger partial charge in [0, 0.05) is 19.4 Å². The Kier molecular flexibility index (Phi) is 5.73. The number of carboxylic acids is 1. The smallest absolute Gasteiger partial charge is 0.303 e. The van der Waals surface area contributed by atoms with Crippen molar-refractivity contribution in [2.75, 3.05) is 13.1 Å². The molecule has 0 amide bonds. The van der Waals surface area contributed by atoms with Crippen LogP contribution in [0.3, 0.4) is 0 Å². The molecule has 0 aliphatic carbocycles. The Balaban J connectivity index is 1.86. The first kappa shape index (κ1) is 15.9.